The highest BCUT2D eigenvalue weighted by atomic mass is 127. The first kappa shape index (κ1) is 20.7. The topological polar surface area (TPSA) is 63.5 Å². The molecule has 1 aliphatic heterocycles. The van der Waals surface area contributed by atoms with Crippen LogP contribution in [0.4, 0.5) is 0 Å². The molecular formula is C19H28IN5O. The van der Waals surface area contributed by atoms with Gasteiger partial charge in [0.2, 0.25) is 0 Å². The molecular weight excluding hydrogens is 441 g/mol. The summed E-state index contributed by atoms with van der Waals surface area (Å²) in [5.74, 6) is 0.840. The zero-order valence-corrected chi connectivity index (χ0v) is 17.9. The molecule has 0 aliphatic carbocycles. The highest BCUT2D eigenvalue weighted by molar-refractivity contribution is 14.0. The molecule has 1 fully saturated rings. The van der Waals surface area contributed by atoms with Crippen LogP contribution < -0.4 is 10.6 Å². The van der Waals surface area contributed by atoms with Gasteiger partial charge in [0.05, 0.1) is 31.5 Å². The Kier molecular flexibility index (Phi) is 7.45. The number of rotatable bonds is 6. The summed E-state index contributed by atoms with van der Waals surface area (Å²) in [6.45, 7) is 9.61. The molecule has 1 aliphatic rings. The molecule has 26 heavy (non-hydrogen) atoms. The zero-order valence-electron chi connectivity index (χ0n) is 15.6. The van der Waals surface area contributed by atoms with Crippen LogP contribution in [-0.4, -0.2) is 42.0 Å². The lowest BCUT2D eigenvalue weighted by molar-refractivity contribution is -0.0945. The standard InChI is InChI=1S/C19H27N5O.HI/c1-4-20-18(21-12-19(3)13-25-14-19)23-15(2)16-7-5-8-17(11-16)24-10-6-9-22-24;/h5-11,15H,4,12-14H2,1-3H3,(H2,20,21,23);1H. The number of aromatic nitrogens is 2. The number of ether oxygens (including phenoxy) is 1. The molecule has 1 aromatic heterocycles. The molecule has 1 unspecified atom stereocenters. The van der Waals surface area contributed by atoms with Gasteiger partial charge in [-0.05, 0) is 37.6 Å². The number of benzene rings is 1. The maximum Gasteiger partial charge on any atom is 0.191 e. The first-order chi connectivity index (χ1) is 12.1. The number of nitrogens with zero attached hydrogens (tertiary/aromatic N) is 3. The van der Waals surface area contributed by atoms with Crippen molar-refractivity contribution >= 4 is 29.9 Å². The molecule has 2 heterocycles. The van der Waals surface area contributed by atoms with Gasteiger partial charge in [0.25, 0.3) is 0 Å². The van der Waals surface area contributed by atoms with Gasteiger partial charge in [-0.3, -0.25) is 4.99 Å². The molecule has 7 heteroatoms. The van der Waals surface area contributed by atoms with Crippen LogP contribution in [0, 0.1) is 5.41 Å². The second kappa shape index (κ2) is 9.36. The van der Waals surface area contributed by atoms with Crippen molar-refractivity contribution in [2.75, 3.05) is 26.3 Å². The molecule has 2 aromatic rings. The summed E-state index contributed by atoms with van der Waals surface area (Å²) in [5, 5.41) is 11.1. The van der Waals surface area contributed by atoms with Crippen molar-refractivity contribution in [2.24, 2.45) is 10.4 Å². The molecule has 6 nitrogen and oxygen atoms in total. The Balaban J connectivity index is 0.00000243. The summed E-state index contributed by atoms with van der Waals surface area (Å²) in [5.41, 5.74) is 2.42. The van der Waals surface area contributed by atoms with Crippen molar-refractivity contribution in [3.63, 3.8) is 0 Å². The predicted octanol–water partition coefficient (Wildman–Crippen LogP) is 3.14. The van der Waals surface area contributed by atoms with Gasteiger partial charge in [-0.1, -0.05) is 19.1 Å². The van der Waals surface area contributed by atoms with Crippen molar-refractivity contribution in [1.29, 1.82) is 0 Å². The molecule has 1 aromatic carbocycles. The van der Waals surface area contributed by atoms with E-state index in [0.29, 0.717) is 0 Å². The van der Waals surface area contributed by atoms with E-state index >= 15 is 0 Å². The average molecular weight is 469 g/mol. The van der Waals surface area contributed by atoms with Crippen molar-refractivity contribution in [2.45, 2.75) is 26.8 Å². The number of aliphatic imine (C=N–C) groups is 1. The molecule has 0 radical (unpaired) electrons. The number of guanidine groups is 1. The number of nitrogens with one attached hydrogen (secondary N) is 2. The number of hydrogen-bond acceptors (Lipinski definition) is 3. The molecule has 1 saturated heterocycles. The van der Waals surface area contributed by atoms with Gasteiger partial charge >= 0.3 is 0 Å². The van der Waals surface area contributed by atoms with Gasteiger partial charge in [0, 0.05) is 24.4 Å². The third kappa shape index (κ3) is 5.20. The van der Waals surface area contributed by atoms with E-state index in [-0.39, 0.29) is 35.4 Å². The van der Waals surface area contributed by atoms with E-state index in [4.69, 9.17) is 9.73 Å². The Morgan fingerprint density at radius 3 is 2.81 bits per heavy atom. The summed E-state index contributed by atoms with van der Waals surface area (Å²) in [6, 6.07) is 10.4. The lowest BCUT2D eigenvalue weighted by atomic mass is 9.89. The van der Waals surface area contributed by atoms with Crippen LogP contribution in [-0.2, 0) is 4.74 Å². The monoisotopic (exact) mass is 469 g/mol. The Morgan fingerprint density at radius 1 is 1.38 bits per heavy atom. The van der Waals surface area contributed by atoms with Crippen LogP contribution in [0.1, 0.15) is 32.4 Å². The van der Waals surface area contributed by atoms with Gasteiger partial charge in [-0.15, -0.1) is 24.0 Å². The maximum atomic E-state index is 5.31. The van der Waals surface area contributed by atoms with E-state index in [9.17, 15) is 0 Å². The van der Waals surface area contributed by atoms with Gasteiger partial charge in [0.1, 0.15) is 0 Å². The Hall–Kier alpha value is -1.61. The highest BCUT2D eigenvalue weighted by Gasteiger charge is 2.33. The van der Waals surface area contributed by atoms with Gasteiger partial charge in [-0.2, -0.15) is 5.10 Å². The summed E-state index contributed by atoms with van der Waals surface area (Å²) in [6.07, 6.45) is 3.74. The van der Waals surface area contributed by atoms with E-state index in [0.717, 1.165) is 38.0 Å². The Labute approximate surface area is 172 Å². The Bertz CT molecular complexity index is 712. The molecule has 0 bridgehead atoms. The van der Waals surface area contributed by atoms with E-state index in [1.165, 1.54) is 5.56 Å². The van der Waals surface area contributed by atoms with E-state index < -0.39 is 0 Å². The quantitative estimate of drug-likeness (QED) is 0.388. The summed E-state index contributed by atoms with van der Waals surface area (Å²) in [7, 11) is 0. The summed E-state index contributed by atoms with van der Waals surface area (Å²) >= 11 is 0. The molecule has 0 saturated carbocycles. The minimum Gasteiger partial charge on any atom is -0.380 e. The SMILES string of the molecule is CCNC(=NCC1(C)COC1)NC(C)c1cccc(-n2cccn2)c1.I. The third-order valence-corrected chi connectivity index (χ3v) is 4.36. The fourth-order valence-corrected chi connectivity index (χ4v) is 2.78. The van der Waals surface area contributed by atoms with Crippen LogP contribution in [0.3, 0.4) is 0 Å². The molecule has 1 atom stereocenters. The first-order valence-corrected chi connectivity index (χ1v) is 8.82. The second-order valence-corrected chi connectivity index (χ2v) is 6.91. The Morgan fingerprint density at radius 2 is 2.19 bits per heavy atom. The molecule has 0 spiro atoms. The fraction of sp³-hybridized carbons (Fsp3) is 0.474. The smallest absolute Gasteiger partial charge is 0.191 e. The summed E-state index contributed by atoms with van der Waals surface area (Å²) < 4.78 is 7.18. The molecule has 0 amide bonds. The third-order valence-electron chi connectivity index (χ3n) is 4.36. The van der Waals surface area contributed by atoms with E-state index in [1.807, 2.05) is 16.9 Å². The van der Waals surface area contributed by atoms with E-state index in [1.54, 1.807) is 6.20 Å². The average Bonchev–Trinajstić information content (AvgIpc) is 3.13. The van der Waals surface area contributed by atoms with Crippen molar-refractivity contribution in [3.8, 4) is 5.69 Å². The second-order valence-electron chi connectivity index (χ2n) is 6.91. The van der Waals surface area contributed by atoms with Crippen LogP contribution >= 0.6 is 24.0 Å². The van der Waals surface area contributed by atoms with Crippen LogP contribution in [0.5, 0.6) is 0 Å². The van der Waals surface area contributed by atoms with Gasteiger partial charge in [-0.25, -0.2) is 4.68 Å². The number of hydrogen-bond donors (Lipinski definition) is 2. The number of halogens is 1. The van der Waals surface area contributed by atoms with Crippen LogP contribution in [0.25, 0.3) is 5.69 Å². The van der Waals surface area contributed by atoms with Crippen molar-refractivity contribution < 1.29 is 4.74 Å². The largest absolute Gasteiger partial charge is 0.380 e. The first-order valence-electron chi connectivity index (χ1n) is 8.82. The minimum absolute atomic E-state index is 0. The normalized spacial score (nSPS) is 17.0. The maximum absolute atomic E-state index is 5.31. The van der Waals surface area contributed by atoms with Crippen molar-refractivity contribution in [3.05, 3.63) is 48.3 Å². The summed E-state index contributed by atoms with van der Waals surface area (Å²) in [4.78, 5) is 4.74. The highest BCUT2D eigenvalue weighted by Crippen LogP contribution is 2.26. The van der Waals surface area contributed by atoms with Crippen LogP contribution in [0.2, 0.25) is 0 Å². The van der Waals surface area contributed by atoms with Gasteiger partial charge < -0.3 is 15.4 Å². The lowest BCUT2D eigenvalue weighted by Gasteiger charge is -2.36. The fourth-order valence-electron chi connectivity index (χ4n) is 2.78. The zero-order chi connectivity index (χ0) is 17.7. The van der Waals surface area contributed by atoms with Crippen LogP contribution in [0.15, 0.2) is 47.7 Å². The molecule has 2 N–H and O–H groups in total. The van der Waals surface area contributed by atoms with E-state index in [2.05, 4.69) is 60.8 Å². The predicted molar refractivity (Wildman–Crippen MR) is 115 cm³/mol. The molecule has 3 rings (SSSR count). The van der Waals surface area contributed by atoms with Gasteiger partial charge in [0.15, 0.2) is 5.96 Å². The van der Waals surface area contributed by atoms with Crippen molar-refractivity contribution in [1.82, 2.24) is 20.4 Å². The minimum atomic E-state index is 0. The molecule has 142 valence electrons. The lowest BCUT2D eigenvalue weighted by Crippen LogP contribution is -2.44.